The summed E-state index contributed by atoms with van der Waals surface area (Å²) in [5, 5.41) is 2.92. The Morgan fingerprint density at radius 1 is 0.935 bits per heavy atom. The summed E-state index contributed by atoms with van der Waals surface area (Å²) in [4.78, 5) is 25.5. The van der Waals surface area contributed by atoms with Gasteiger partial charge in [-0.25, -0.2) is 8.42 Å². The maximum Gasteiger partial charge on any atom is 1.00 e. The summed E-state index contributed by atoms with van der Waals surface area (Å²) in [6.45, 7) is 0. The van der Waals surface area contributed by atoms with Crippen molar-refractivity contribution in [1.82, 2.24) is 0 Å². The molecule has 0 aromatic heterocycles. The Labute approximate surface area is 200 Å². The third-order valence-corrected chi connectivity index (χ3v) is 5.71. The van der Waals surface area contributed by atoms with Gasteiger partial charge in [0.1, 0.15) is 15.9 Å². The van der Waals surface area contributed by atoms with Crippen LogP contribution in [0.15, 0.2) is 59.5 Å². The summed E-state index contributed by atoms with van der Waals surface area (Å²) in [5.74, 6) is -0.540. The number of nitrogens with two attached hydrogens (primary N) is 1. The molecule has 0 saturated carbocycles. The summed E-state index contributed by atoms with van der Waals surface area (Å²) in [6, 6.07) is 13.7. The first-order valence-corrected chi connectivity index (χ1v) is 10.1. The molecule has 4 rings (SSSR count). The van der Waals surface area contributed by atoms with E-state index < -0.39 is 32.3 Å². The maximum absolute atomic E-state index is 13.2. The van der Waals surface area contributed by atoms with E-state index in [2.05, 4.69) is 5.32 Å². The zero-order valence-electron chi connectivity index (χ0n) is 16.6. The molecule has 0 fully saturated rings. The van der Waals surface area contributed by atoms with E-state index >= 15 is 0 Å². The number of hydrogen-bond acceptors (Lipinski definition) is 8. The number of ether oxygens (including phenoxy) is 1. The van der Waals surface area contributed by atoms with E-state index in [9.17, 15) is 22.6 Å². The van der Waals surface area contributed by atoms with Gasteiger partial charge in [0.25, 0.3) is 0 Å². The van der Waals surface area contributed by atoms with E-state index in [0.717, 1.165) is 6.07 Å². The molecule has 0 unspecified atom stereocenters. The van der Waals surface area contributed by atoms with E-state index in [1.165, 1.54) is 19.2 Å². The summed E-state index contributed by atoms with van der Waals surface area (Å²) < 4.78 is 40.5. The number of benzene rings is 3. The molecule has 3 aromatic rings. The first-order chi connectivity index (χ1) is 14.2. The first kappa shape index (κ1) is 23.0. The van der Waals surface area contributed by atoms with Gasteiger partial charge in [-0.3, -0.25) is 9.59 Å². The monoisotopic (exact) mass is 446 g/mol. The van der Waals surface area contributed by atoms with Crippen LogP contribution in [0, 0.1) is 0 Å². The fraction of sp³-hybridized carbons (Fsp3) is 0.0476. The number of ketones is 2. The molecule has 8 nitrogen and oxygen atoms in total. The number of nitrogens with one attached hydrogen (secondary N) is 1. The number of fused-ring (bicyclic) bond motifs is 2. The summed E-state index contributed by atoms with van der Waals surface area (Å²) in [5.41, 5.74) is 5.73. The second kappa shape index (κ2) is 8.45. The van der Waals surface area contributed by atoms with Crippen molar-refractivity contribution in [3.8, 4) is 5.75 Å². The van der Waals surface area contributed by atoms with Crippen molar-refractivity contribution in [2.75, 3.05) is 18.2 Å². The Hall–Kier alpha value is -2.69. The van der Waals surface area contributed by atoms with Crippen molar-refractivity contribution >= 4 is 38.7 Å². The third kappa shape index (κ3) is 3.98. The minimum atomic E-state index is -5.01. The van der Waals surface area contributed by atoms with Gasteiger partial charge in [-0.2, -0.15) is 0 Å². The Morgan fingerprint density at radius 2 is 1.48 bits per heavy atom. The van der Waals surface area contributed by atoms with E-state index in [1.54, 1.807) is 36.4 Å². The van der Waals surface area contributed by atoms with Crippen molar-refractivity contribution in [3.05, 3.63) is 76.9 Å². The molecule has 0 amide bonds. The maximum atomic E-state index is 13.2. The van der Waals surface area contributed by atoms with Gasteiger partial charge in [-0.15, -0.1) is 0 Å². The van der Waals surface area contributed by atoms with E-state index in [1.807, 2.05) is 0 Å². The van der Waals surface area contributed by atoms with Crippen LogP contribution in [-0.4, -0.2) is 31.6 Å². The molecule has 10 heteroatoms. The molecule has 0 radical (unpaired) electrons. The molecule has 0 atom stereocenters. The largest absolute Gasteiger partial charge is 1.00 e. The van der Waals surface area contributed by atoms with Crippen molar-refractivity contribution in [2.45, 2.75) is 4.90 Å². The van der Waals surface area contributed by atoms with Gasteiger partial charge < -0.3 is 20.3 Å². The van der Waals surface area contributed by atoms with Crippen LogP contribution in [0.5, 0.6) is 5.75 Å². The predicted molar refractivity (Wildman–Crippen MR) is 108 cm³/mol. The Bertz CT molecular complexity index is 1320. The molecule has 1 aliphatic carbocycles. The zero-order chi connectivity index (χ0) is 21.6. The van der Waals surface area contributed by atoms with Gasteiger partial charge in [0, 0.05) is 16.8 Å². The Balaban J connectivity index is 0.00000272. The van der Waals surface area contributed by atoms with Crippen LogP contribution in [0.25, 0.3) is 0 Å². The molecule has 3 aromatic carbocycles. The fourth-order valence-electron chi connectivity index (χ4n) is 3.43. The van der Waals surface area contributed by atoms with Gasteiger partial charge in [0.05, 0.1) is 34.5 Å². The molecule has 0 saturated heterocycles. The molecular formula is C21H15N2NaO6S. The van der Waals surface area contributed by atoms with Gasteiger partial charge >= 0.3 is 29.6 Å². The normalized spacial score (nSPS) is 12.5. The number of methoxy groups -OCH3 is 1. The molecular weight excluding hydrogens is 431 g/mol. The smallest absolute Gasteiger partial charge is 0.744 e. The summed E-state index contributed by atoms with van der Waals surface area (Å²) in [6.07, 6.45) is 0. The quantitative estimate of drug-likeness (QED) is 0.248. The average Bonchev–Trinajstić information content (AvgIpc) is 2.72. The number of anilines is 3. The molecule has 0 bridgehead atoms. The number of nitrogen functional groups attached to an aromatic ring is 1. The van der Waals surface area contributed by atoms with Gasteiger partial charge in [0.15, 0.2) is 11.6 Å². The van der Waals surface area contributed by atoms with Crippen LogP contribution < -0.4 is 45.3 Å². The molecule has 3 N–H and O–H groups in total. The molecule has 31 heavy (non-hydrogen) atoms. The van der Waals surface area contributed by atoms with Crippen LogP contribution in [0.1, 0.15) is 31.8 Å². The van der Waals surface area contributed by atoms with Crippen LogP contribution >= 0.6 is 0 Å². The van der Waals surface area contributed by atoms with Crippen LogP contribution in [0.3, 0.4) is 0 Å². The summed E-state index contributed by atoms with van der Waals surface area (Å²) in [7, 11) is -3.50. The van der Waals surface area contributed by atoms with Crippen molar-refractivity contribution in [1.29, 1.82) is 0 Å². The topological polar surface area (TPSA) is 139 Å². The predicted octanol–water partition coefficient (Wildman–Crippen LogP) is -0.295. The molecule has 1 aliphatic rings. The van der Waals surface area contributed by atoms with Crippen LogP contribution in [0.4, 0.5) is 17.1 Å². The van der Waals surface area contributed by atoms with E-state index in [4.69, 9.17) is 10.5 Å². The average molecular weight is 446 g/mol. The number of carbonyl (C=O) groups excluding carboxylic acids is 2. The van der Waals surface area contributed by atoms with E-state index in [-0.39, 0.29) is 57.5 Å². The second-order valence-electron chi connectivity index (χ2n) is 6.60. The fourth-order valence-corrected chi connectivity index (χ4v) is 4.06. The van der Waals surface area contributed by atoms with Crippen molar-refractivity contribution in [3.63, 3.8) is 0 Å². The third-order valence-electron chi connectivity index (χ3n) is 4.84. The van der Waals surface area contributed by atoms with Crippen LogP contribution in [0.2, 0.25) is 0 Å². The second-order valence-corrected chi connectivity index (χ2v) is 7.95. The van der Waals surface area contributed by atoms with Crippen molar-refractivity contribution in [2.24, 2.45) is 0 Å². The minimum Gasteiger partial charge on any atom is -0.744 e. The number of rotatable bonds is 4. The summed E-state index contributed by atoms with van der Waals surface area (Å²) >= 11 is 0. The van der Waals surface area contributed by atoms with Gasteiger partial charge in [-0.1, -0.05) is 24.3 Å². The van der Waals surface area contributed by atoms with E-state index in [0.29, 0.717) is 11.4 Å². The van der Waals surface area contributed by atoms with Crippen molar-refractivity contribution < 1.29 is 56.9 Å². The standard InChI is InChI=1S/C21H16N2O6S.Na/c1-29-12-8-6-11(7-9-12)23-15-10-16(30(26,27)28)19(22)18-17(15)20(24)13-4-2-3-5-14(13)21(18)25;/h2-10,23H,22H2,1H3,(H,26,27,28);/q;+1/p-1. The number of hydrogen-bond donors (Lipinski definition) is 2. The van der Waals surface area contributed by atoms with Crippen LogP contribution in [-0.2, 0) is 10.1 Å². The molecule has 0 spiro atoms. The zero-order valence-corrected chi connectivity index (χ0v) is 19.4. The number of carbonyl (C=O) groups is 2. The Kier molecular flexibility index (Phi) is 6.26. The van der Waals surface area contributed by atoms with Gasteiger partial charge in [-0.05, 0) is 30.3 Å². The SMILES string of the molecule is COc1ccc(Nc2cc(S(=O)(=O)[O-])c(N)c3c2C(=O)c2ccccc2C3=O)cc1.[Na+]. The molecule has 0 heterocycles. The molecule has 0 aliphatic heterocycles. The first-order valence-electron chi connectivity index (χ1n) is 8.74. The van der Waals surface area contributed by atoms with Gasteiger partial charge in [0.2, 0.25) is 0 Å². The minimum absolute atomic E-state index is 0. The molecule has 152 valence electrons. The Morgan fingerprint density at radius 3 is 2.00 bits per heavy atom.